The normalized spacial score (nSPS) is 19.3. The van der Waals surface area contributed by atoms with Gasteiger partial charge in [-0.2, -0.15) is 26.1 Å². The highest BCUT2D eigenvalue weighted by atomic mass is 32.2. The molecule has 2 aliphatic carbocycles. The van der Waals surface area contributed by atoms with Gasteiger partial charge in [-0.3, -0.25) is 0 Å². The second-order valence-electron chi connectivity index (χ2n) is 8.91. The summed E-state index contributed by atoms with van der Waals surface area (Å²) >= 11 is 0. The van der Waals surface area contributed by atoms with Gasteiger partial charge in [-0.1, -0.05) is 32.9 Å². The van der Waals surface area contributed by atoms with Gasteiger partial charge in [-0.05, 0) is 77.0 Å². The minimum Gasteiger partial charge on any atom is -0.301 e. The first-order valence-corrected chi connectivity index (χ1v) is 15.6. The van der Waals surface area contributed by atoms with E-state index in [-0.39, 0.29) is 41.7 Å². The number of quaternary nitrogens is 2. The van der Waals surface area contributed by atoms with Crippen molar-refractivity contribution in [2.75, 3.05) is 39.3 Å². The Balaban J connectivity index is 2.56. The van der Waals surface area contributed by atoms with E-state index in [0.717, 1.165) is 0 Å². The lowest BCUT2D eigenvalue weighted by Gasteiger charge is -2.31. The molecule has 0 aromatic rings. The monoisotopic (exact) mass is 568 g/mol. The van der Waals surface area contributed by atoms with Crippen molar-refractivity contribution in [2.24, 2.45) is 0 Å². The smallest absolute Gasteiger partial charge is 0.301 e. The number of allylic oxidation sites excluding steroid dienone is 10. The molecule has 0 radical (unpaired) electrons. The van der Waals surface area contributed by atoms with Crippen LogP contribution in [0.2, 0.25) is 0 Å². The summed E-state index contributed by atoms with van der Waals surface area (Å²) in [6.07, 6.45) is 11.2. The average molecular weight is 569 g/mol. The van der Waals surface area contributed by atoms with Gasteiger partial charge in [0.15, 0.2) is 0 Å². The summed E-state index contributed by atoms with van der Waals surface area (Å²) in [6, 6.07) is 0. The van der Waals surface area contributed by atoms with Crippen molar-refractivity contribution in [2.45, 2.75) is 41.5 Å². The van der Waals surface area contributed by atoms with Crippen LogP contribution in [-0.4, -0.2) is 76.8 Å². The van der Waals surface area contributed by atoms with E-state index in [9.17, 15) is 16.8 Å². The van der Waals surface area contributed by atoms with Gasteiger partial charge in [0.05, 0.1) is 11.4 Å². The van der Waals surface area contributed by atoms with Gasteiger partial charge in [-0.15, -0.1) is 0 Å². The predicted octanol–water partition coefficient (Wildman–Crippen LogP) is 4.06. The van der Waals surface area contributed by atoms with Crippen molar-refractivity contribution < 1.29 is 34.7 Å². The van der Waals surface area contributed by atoms with E-state index >= 15 is 0 Å². The van der Waals surface area contributed by atoms with E-state index in [1.165, 1.54) is 48.6 Å². The Morgan fingerprint density at radius 3 is 1.16 bits per heavy atom. The summed E-state index contributed by atoms with van der Waals surface area (Å²) in [5, 5.41) is 16.0. The summed E-state index contributed by atoms with van der Waals surface area (Å²) in [5.74, 6) is 0. The van der Waals surface area contributed by atoms with Gasteiger partial charge in [0, 0.05) is 0 Å². The zero-order valence-electron chi connectivity index (χ0n) is 23.0. The third-order valence-electron chi connectivity index (χ3n) is 6.98. The number of nitrogens with zero attached hydrogens (tertiary/aromatic N) is 2. The van der Waals surface area contributed by atoms with E-state index in [1.54, 1.807) is 0 Å². The van der Waals surface area contributed by atoms with Gasteiger partial charge in [0.1, 0.15) is 49.1 Å². The standard InChI is InChI=1S/C26H40N4O6S2/c1-7-29(8-2,9-3)35-37(31,32)25-19-23(27)17-15-21(25)13-14-22-16-18-24(28)20-26(22)38(33,34)36-30(10-4,11-5)12-6/h13-20,27-28H,7-12H2,1-6H3/q+2. The number of rotatable bonds is 13. The maximum Gasteiger partial charge on any atom is 0.343 e. The molecule has 2 N–H and O–H groups in total. The fourth-order valence-electron chi connectivity index (χ4n) is 4.11. The molecule has 38 heavy (non-hydrogen) atoms. The van der Waals surface area contributed by atoms with E-state index in [2.05, 4.69) is 0 Å². The van der Waals surface area contributed by atoms with E-state index in [4.69, 9.17) is 19.4 Å². The van der Waals surface area contributed by atoms with Crippen molar-refractivity contribution >= 4 is 31.7 Å². The second-order valence-corrected chi connectivity index (χ2v) is 11.9. The molecule has 2 aliphatic rings. The molecular weight excluding hydrogens is 528 g/mol. The fourth-order valence-corrected chi connectivity index (χ4v) is 7.13. The molecule has 0 aromatic heterocycles. The molecule has 0 aromatic carbocycles. The maximum absolute atomic E-state index is 13.3. The average Bonchev–Trinajstić information content (AvgIpc) is 2.90. The van der Waals surface area contributed by atoms with Crippen LogP contribution in [0, 0.1) is 10.8 Å². The van der Waals surface area contributed by atoms with Crippen LogP contribution in [0.1, 0.15) is 41.5 Å². The van der Waals surface area contributed by atoms with Crippen LogP contribution in [0.25, 0.3) is 0 Å². The largest absolute Gasteiger partial charge is 0.343 e. The third-order valence-corrected chi connectivity index (χ3v) is 9.79. The van der Waals surface area contributed by atoms with Gasteiger partial charge in [0.2, 0.25) is 0 Å². The summed E-state index contributed by atoms with van der Waals surface area (Å²) in [4.78, 5) is -0.369. The molecule has 0 bridgehead atoms. The molecule has 0 spiro atoms. The van der Waals surface area contributed by atoms with Gasteiger partial charge in [0.25, 0.3) is 0 Å². The van der Waals surface area contributed by atoms with Crippen LogP contribution in [0.3, 0.4) is 0 Å². The van der Waals surface area contributed by atoms with Crippen LogP contribution < -0.4 is 0 Å². The minimum atomic E-state index is -4.27. The molecule has 0 heterocycles. The first-order chi connectivity index (χ1) is 17.8. The fraction of sp³-hybridized carbons (Fsp3) is 0.462. The number of nitrogens with one attached hydrogen (secondary N) is 2. The molecule has 0 saturated carbocycles. The molecule has 0 aliphatic heterocycles. The molecule has 210 valence electrons. The van der Waals surface area contributed by atoms with Crippen molar-refractivity contribution in [3.8, 4) is 0 Å². The summed E-state index contributed by atoms with van der Waals surface area (Å²) < 4.78 is 64.4. The van der Waals surface area contributed by atoms with Crippen molar-refractivity contribution in [3.63, 3.8) is 0 Å². The first-order valence-electron chi connectivity index (χ1n) is 12.8. The third kappa shape index (κ3) is 7.13. The quantitative estimate of drug-likeness (QED) is 0.254. The molecule has 0 fully saturated rings. The van der Waals surface area contributed by atoms with Crippen molar-refractivity contribution in [3.05, 3.63) is 69.6 Å². The molecule has 0 amide bonds. The lowest BCUT2D eigenvalue weighted by Crippen LogP contribution is -2.49. The zero-order chi connectivity index (χ0) is 28.8. The molecule has 10 nitrogen and oxygen atoms in total. The van der Waals surface area contributed by atoms with Crippen molar-refractivity contribution in [1.82, 2.24) is 0 Å². The molecule has 12 heteroatoms. The summed E-state index contributed by atoms with van der Waals surface area (Å²) in [6.45, 7) is 13.7. The van der Waals surface area contributed by atoms with E-state index in [0.29, 0.717) is 39.3 Å². The molecular formula is C26H40N4O6S2+2. The van der Waals surface area contributed by atoms with E-state index < -0.39 is 20.2 Å². The van der Waals surface area contributed by atoms with Gasteiger partial charge >= 0.3 is 20.2 Å². The lowest BCUT2D eigenvalue weighted by molar-refractivity contribution is -1.08. The number of hydrogen-bond donors (Lipinski definition) is 2. The van der Waals surface area contributed by atoms with Crippen LogP contribution >= 0.6 is 0 Å². The predicted molar refractivity (Wildman–Crippen MR) is 150 cm³/mol. The Hall–Kier alpha value is -2.48. The maximum atomic E-state index is 13.3. The van der Waals surface area contributed by atoms with Gasteiger partial charge < -0.3 is 10.8 Å². The van der Waals surface area contributed by atoms with E-state index in [1.807, 2.05) is 41.5 Å². The van der Waals surface area contributed by atoms with Crippen molar-refractivity contribution in [1.29, 1.82) is 10.8 Å². The Labute approximate surface area is 227 Å². The van der Waals surface area contributed by atoms with Crippen LogP contribution in [0.5, 0.6) is 0 Å². The molecule has 0 saturated heterocycles. The lowest BCUT2D eigenvalue weighted by atomic mass is 10.0. The zero-order valence-corrected chi connectivity index (χ0v) is 24.7. The SMILES string of the molecule is CC[N+](CC)(CC)OS(=O)(=O)C1=CC(=N)C=CC1=CC=C1C=CC(=N)C=C1S(=O)(=O)O[N+](CC)(CC)CC. The Bertz CT molecular complexity index is 1220. The van der Waals surface area contributed by atoms with Crippen LogP contribution in [0.15, 0.2) is 69.6 Å². The second kappa shape index (κ2) is 12.6. The molecule has 0 atom stereocenters. The Kier molecular flexibility index (Phi) is 10.5. The first kappa shape index (κ1) is 31.7. The molecule has 0 unspecified atom stereocenters. The Morgan fingerprint density at radius 2 is 0.895 bits per heavy atom. The summed E-state index contributed by atoms with van der Waals surface area (Å²) in [7, 11) is -8.53. The minimum absolute atomic E-state index is 0.00467. The topological polar surface area (TPSA) is 134 Å². The van der Waals surface area contributed by atoms with Crippen LogP contribution in [-0.2, 0) is 28.8 Å². The number of hydrogen-bond acceptors (Lipinski definition) is 8. The highest BCUT2D eigenvalue weighted by Gasteiger charge is 2.37. The summed E-state index contributed by atoms with van der Waals surface area (Å²) in [5.41, 5.74) is 0.467. The highest BCUT2D eigenvalue weighted by Crippen LogP contribution is 2.30. The Morgan fingerprint density at radius 1 is 0.605 bits per heavy atom. The van der Waals surface area contributed by atoms with Gasteiger partial charge in [-0.25, -0.2) is 0 Å². The highest BCUT2D eigenvalue weighted by molar-refractivity contribution is 7.91. The van der Waals surface area contributed by atoms with Crippen LogP contribution in [0.4, 0.5) is 0 Å². The number of hydroxylamine groups is 6. The molecule has 2 rings (SSSR count).